The van der Waals surface area contributed by atoms with Gasteiger partial charge in [0.1, 0.15) is 6.04 Å². The highest BCUT2D eigenvalue weighted by Crippen LogP contribution is 2.49. The van der Waals surface area contributed by atoms with Gasteiger partial charge in [0, 0.05) is 48.6 Å². The van der Waals surface area contributed by atoms with Gasteiger partial charge in [-0.1, -0.05) is 36.4 Å². The monoisotopic (exact) mass is 737 g/mol. The summed E-state index contributed by atoms with van der Waals surface area (Å²) in [6.45, 7) is 6.80. The van der Waals surface area contributed by atoms with Crippen LogP contribution in [0.4, 0.5) is 18.9 Å². The minimum absolute atomic E-state index is 0.161. The van der Waals surface area contributed by atoms with Crippen molar-refractivity contribution in [1.82, 2.24) is 15.2 Å². The number of nitrogens with two attached hydrogens (primary N) is 1. The summed E-state index contributed by atoms with van der Waals surface area (Å²) in [5.41, 5.74) is 7.62. The molecule has 1 saturated heterocycles. The summed E-state index contributed by atoms with van der Waals surface area (Å²) in [7, 11) is -2.97. The van der Waals surface area contributed by atoms with Gasteiger partial charge in [-0.25, -0.2) is 13.2 Å². The summed E-state index contributed by atoms with van der Waals surface area (Å²) in [4.78, 5) is 53.4. The minimum Gasteiger partial charge on any atom is -0.475 e. The van der Waals surface area contributed by atoms with Gasteiger partial charge in [0.05, 0.1) is 18.3 Å². The fourth-order valence-electron chi connectivity index (χ4n) is 6.29. The molecule has 1 aromatic heterocycles. The average Bonchev–Trinajstić information content (AvgIpc) is 3.62. The predicted octanol–water partition coefficient (Wildman–Crippen LogP) is 3.23. The molecule has 1 spiro atoms. The number of esters is 1. The van der Waals surface area contributed by atoms with Crippen LogP contribution in [0.2, 0.25) is 0 Å². The number of halogens is 3. The minimum atomic E-state index is -5.08. The molecule has 0 saturated carbocycles. The van der Waals surface area contributed by atoms with Crippen LogP contribution in [0.15, 0.2) is 54.7 Å². The van der Waals surface area contributed by atoms with Crippen LogP contribution in [0.5, 0.6) is 0 Å². The molecule has 13 nitrogen and oxygen atoms in total. The van der Waals surface area contributed by atoms with E-state index in [9.17, 15) is 36.0 Å². The Morgan fingerprint density at radius 2 is 1.59 bits per heavy atom. The van der Waals surface area contributed by atoms with Crippen molar-refractivity contribution < 1.29 is 50.6 Å². The lowest BCUT2D eigenvalue weighted by molar-refractivity contribution is -0.192. The van der Waals surface area contributed by atoms with Crippen molar-refractivity contribution in [2.75, 3.05) is 31.0 Å². The number of sulfonamides is 1. The molecule has 2 amide bonds. The first-order chi connectivity index (χ1) is 23.6. The van der Waals surface area contributed by atoms with Gasteiger partial charge in [0.15, 0.2) is 4.75 Å². The number of piperidine rings is 1. The van der Waals surface area contributed by atoms with Crippen LogP contribution >= 0.6 is 0 Å². The highest BCUT2D eigenvalue weighted by molar-refractivity contribution is 7.94. The van der Waals surface area contributed by atoms with Gasteiger partial charge in [-0.05, 0) is 63.8 Å². The van der Waals surface area contributed by atoms with Gasteiger partial charge < -0.3 is 30.8 Å². The van der Waals surface area contributed by atoms with E-state index >= 15 is 0 Å². The number of fused-ring (bicyclic) bond motifs is 3. The van der Waals surface area contributed by atoms with Crippen LogP contribution in [0.1, 0.15) is 51.7 Å². The second-order valence-corrected chi connectivity index (χ2v) is 16.2. The second-order valence-electron chi connectivity index (χ2n) is 13.8. The number of alkyl halides is 3. The number of anilines is 1. The number of nitrogens with zero attached hydrogens (tertiary/aromatic N) is 2. The number of carbonyl (C=O) groups is 4. The van der Waals surface area contributed by atoms with Crippen LogP contribution in [0, 0.1) is 0 Å². The van der Waals surface area contributed by atoms with Crippen LogP contribution in [-0.2, 0) is 45.8 Å². The Labute approximate surface area is 293 Å². The van der Waals surface area contributed by atoms with E-state index in [1.165, 1.54) is 25.3 Å². The van der Waals surface area contributed by atoms with E-state index in [0.29, 0.717) is 31.6 Å². The molecule has 5 rings (SSSR count). The number of carboxylic acid groups (broad SMARTS) is 1. The molecule has 5 N–H and O–H groups in total. The largest absolute Gasteiger partial charge is 0.490 e. The molecule has 278 valence electrons. The number of H-pyrrole nitrogens is 1. The summed E-state index contributed by atoms with van der Waals surface area (Å²) in [6, 6.07) is 14.3. The van der Waals surface area contributed by atoms with Gasteiger partial charge in [-0.3, -0.25) is 18.7 Å². The number of nitrogens with one attached hydrogen (secondary N) is 2. The number of rotatable bonds is 8. The fraction of sp³-hybridized carbons (Fsp3) is 0.471. The number of carbonyl (C=O) groups excluding carboxylic acids is 3. The normalized spacial score (nSPS) is 16.6. The maximum Gasteiger partial charge on any atom is 0.490 e. The average molecular weight is 738 g/mol. The molecule has 0 radical (unpaired) electrons. The Kier molecular flexibility index (Phi) is 10.9. The quantitative estimate of drug-likeness (QED) is 0.252. The molecule has 1 fully saturated rings. The van der Waals surface area contributed by atoms with Crippen molar-refractivity contribution in [3.05, 3.63) is 65.9 Å². The second kappa shape index (κ2) is 14.2. The number of hydrogen-bond donors (Lipinski definition) is 4. The molecule has 3 heterocycles. The van der Waals surface area contributed by atoms with Crippen molar-refractivity contribution >= 4 is 50.4 Å². The highest BCUT2D eigenvalue weighted by atomic mass is 32.2. The number of carboxylic acids is 1. The van der Waals surface area contributed by atoms with Crippen molar-refractivity contribution in [2.24, 2.45) is 5.73 Å². The molecular formula is C34H42F3N5O8S. The molecular weight excluding hydrogens is 695 g/mol. The van der Waals surface area contributed by atoms with Gasteiger partial charge in [-0.15, -0.1) is 0 Å². The molecule has 2 aliphatic rings. The van der Waals surface area contributed by atoms with E-state index in [1.54, 1.807) is 30.9 Å². The maximum absolute atomic E-state index is 14.0. The van der Waals surface area contributed by atoms with Gasteiger partial charge in [-0.2, -0.15) is 13.2 Å². The Morgan fingerprint density at radius 1 is 1.02 bits per heavy atom. The number of methoxy groups -OCH3 is 1. The maximum atomic E-state index is 14.0. The smallest absolute Gasteiger partial charge is 0.475 e. The first kappa shape index (κ1) is 39.2. The number of hydrogen-bond acceptors (Lipinski definition) is 8. The zero-order valence-corrected chi connectivity index (χ0v) is 29.7. The van der Waals surface area contributed by atoms with E-state index in [1.807, 2.05) is 42.6 Å². The fourth-order valence-corrected chi connectivity index (χ4v) is 7.97. The number of para-hydroxylation sites is 2. The summed E-state index contributed by atoms with van der Waals surface area (Å²) < 4.78 is 63.8. The lowest BCUT2D eigenvalue weighted by Crippen LogP contribution is -2.58. The SMILES string of the molecule is COC(=O)C(C)(C)S(=O)(=O)N1CC2(CCN(C(=O)C(Cc3c[nH]c4ccccc34)NC(=O)C(C)(C)N)CC2)c2ccccc21.O=C(O)C(F)(F)F. The summed E-state index contributed by atoms with van der Waals surface area (Å²) in [5, 5.41) is 11.0. The molecule has 51 heavy (non-hydrogen) atoms. The van der Waals surface area contributed by atoms with Crippen molar-refractivity contribution in [3.63, 3.8) is 0 Å². The third-order valence-electron chi connectivity index (χ3n) is 9.36. The molecule has 1 unspecified atom stereocenters. The van der Waals surface area contributed by atoms with Crippen molar-refractivity contribution in [1.29, 1.82) is 0 Å². The number of aromatic nitrogens is 1. The van der Waals surface area contributed by atoms with Crippen LogP contribution < -0.4 is 15.4 Å². The highest BCUT2D eigenvalue weighted by Gasteiger charge is 2.54. The Hall–Kier alpha value is -4.64. The van der Waals surface area contributed by atoms with Crippen LogP contribution in [-0.4, -0.2) is 96.4 Å². The van der Waals surface area contributed by atoms with Crippen molar-refractivity contribution in [3.8, 4) is 0 Å². The molecule has 2 aliphatic heterocycles. The van der Waals surface area contributed by atoms with Gasteiger partial charge in [0.25, 0.3) is 10.0 Å². The zero-order valence-electron chi connectivity index (χ0n) is 28.8. The molecule has 0 bridgehead atoms. The first-order valence-corrected chi connectivity index (χ1v) is 17.4. The number of benzene rings is 2. The third kappa shape index (κ3) is 7.83. The summed E-state index contributed by atoms with van der Waals surface area (Å²) in [5.74, 6) is -4.24. The molecule has 0 aliphatic carbocycles. The van der Waals surface area contributed by atoms with E-state index in [2.05, 4.69) is 10.3 Å². The molecule has 3 aromatic rings. The topological polar surface area (TPSA) is 192 Å². The summed E-state index contributed by atoms with van der Waals surface area (Å²) in [6.07, 6.45) is -1.92. The molecule has 1 atom stereocenters. The van der Waals surface area contributed by atoms with Gasteiger partial charge >= 0.3 is 18.1 Å². The van der Waals surface area contributed by atoms with E-state index in [0.717, 1.165) is 22.0 Å². The van der Waals surface area contributed by atoms with E-state index in [-0.39, 0.29) is 18.9 Å². The molecule has 17 heteroatoms. The van der Waals surface area contributed by atoms with E-state index < -0.39 is 55.8 Å². The molecule has 2 aromatic carbocycles. The number of amides is 2. The standard InChI is InChI=1S/C32H41N5O6S.C2HF3O2/c1-30(2,33)28(39)35-25(18-21-19-34-24-12-8-6-10-22(21)24)27(38)36-16-14-32(15-17-36)20-37(26-13-9-7-11-23(26)32)44(41,42)31(3,4)29(40)43-5;3-2(4,5)1(6)7/h6-13,19,25,34H,14-18,20,33H2,1-5H3,(H,35,39);(H,6,7). The third-order valence-corrected chi connectivity index (χ3v) is 11.7. The lowest BCUT2D eigenvalue weighted by atomic mass is 9.74. The Bertz CT molecular complexity index is 1910. The number of likely N-dealkylation sites (tertiary alicyclic amines) is 1. The number of ether oxygens (including phenoxy) is 1. The van der Waals surface area contributed by atoms with Crippen LogP contribution in [0.3, 0.4) is 0 Å². The first-order valence-electron chi connectivity index (χ1n) is 16.0. The zero-order chi connectivity index (χ0) is 38.2. The number of aromatic amines is 1. The lowest BCUT2D eigenvalue weighted by Gasteiger charge is -2.41. The Balaban J connectivity index is 0.000000755. The van der Waals surface area contributed by atoms with E-state index in [4.69, 9.17) is 20.4 Å². The number of aliphatic carboxylic acids is 1. The van der Waals surface area contributed by atoms with Crippen LogP contribution in [0.25, 0.3) is 10.9 Å². The van der Waals surface area contributed by atoms with Crippen molar-refractivity contribution in [2.45, 2.75) is 74.9 Å². The Morgan fingerprint density at radius 3 is 2.16 bits per heavy atom. The predicted molar refractivity (Wildman–Crippen MR) is 182 cm³/mol. The van der Waals surface area contributed by atoms with Gasteiger partial charge in [0.2, 0.25) is 11.8 Å². The summed E-state index contributed by atoms with van der Waals surface area (Å²) >= 11 is 0.